The van der Waals surface area contributed by atoms with Crippen LogP contribution in [0.15, 0.2) is 60.9 Å². The lowest BCUT2D eigenvalue weighted by Gasteiger charge is -2.26. The average Bonchev–Trinajstić information content (AvgIpc) is 3.59. The smallest absolute Gasteiger partial charge is 0.212 e. The molecule has 0 unspecified atom stereocenters. The zero-order chi connectivity index (χ0) is 23.9. The number of fused-ring (bicyclic) bond motifs is 2. The van der Waals surface area contributed by atoms with Gasteiger partial charge in [-0.15, -0.1) is 0 Å². The van der Waals surface area contributed by atoms with Gasteiger partial charge in [0.2, 0.25) is 6.67 Å². The lowest BCUT2D eigenvalue weighted by atomic mass is 10.0. The highest BCUT2D eigenvalue weighted by Gasteiger charge is 2.29. The van der Waals surface area contributed by atoms with Crippen molar-refractivity contribution in [2.45, 2.75) is 33.6 Å². The number of hydrogen-bond acceptors (Lipinski definition) is 4. The summed E-state index contributed by atoms with van der Waals surface area (Å²) in [5.74, 6) is 2.21. The van der Waals surface area contributed by atoms with E-state index in [0.717, 1.165) is 50.3 Å². The Bertz CT molecular complexity index is 1220. The van der Waals surface area contributed by atoms with Crippen molar-refractivity contribution in [1.29, 1.82) is 0 Å². The van der Waals surface area contributed by atoms with E-state index < -0.39 is 7.92 Å². The fraction of sp³-hybridized carbons (Fsp3) is 0.300. The molecule has 0 spiro atoms. The first-order chi connectivity index (χ1) is 17.1. The predicted octanol–water partition coefficient (Wildman–Crippen LogP) is 5.20. The lowest BCUT2D eigenvalue weighted by molar-refractivity contribution is 0.359. The van der Waals surface area contributed by atoms with Gasteiger partial charge in [-0.3, -0.25) is 0 Å². The lowest BCUT2D eigenvalue weighted by Crippen LogP contribution is -2.26. The molecule has 178 valence electrons. The fourth-order valence-corrected chi connectivity index (χ4v) is 8.15. The van der Waals surface area contributed by atoms with E-state index in [0.29, 0.717) is 0 Å². The van der Waals surface area contributed by atoms with Crippen LogP contribution in [0.2, 0.25) is 0 Å². The molecule has 0 bridgehead atoms. The van der Waals surface area contributed by atoms with Gasteiger partial charge in [-0.1, -0.05) is 54.1 Å². The van der Waals surface area contributed by atoms with Crippen LogP contribution in [-0.4, -0.2) is 30.8 Å². The monoisotopic (exact) mass is 482 g/mol. The van der Waals surface area contributed by atoms with Gasteiger partial charge in [-0.25, -0.2) is 0 Å². The molecule has 5 heteroatoms. The second kappa shape index (κ2) is 9.24. The van der Waals surface area contributed by atoms with Crippen LogP contribution in [0, 0.1) is 27.4 Å². The van der Waals surface area contributed by atoms with Crippen LogP contribution in [-0.2, 0) is 12.8 Å². The number of rotatable bonds is 6. The van der Waals surface area contributed by atoms with Crippen molar-refractivity contribution in [2.24, 2.45) is 0 Å². The Kier molecular flexibility index (Phi) is 5.94. The van der Waals surface area contributed by atoms with Crippen LogP contribution in [0.5, 0.6) is 11.5 Å². The van der Waals surface area contributed by atoms with Crippen molar-refractivity contribution in [3.63, 3.8) is 0 Å². The highest BCUT2D eigenvalue weighted by molar-refractivity contribution is 7.73. The molecule has 3 aromatic rings. The highest BCUT2D eigenvalue weighted by atomic mass is 31.1. The molecule has 6 rings (SSSR count). The topological polar surface area (TPSA) is 24.9 Å². The number of para-hydroxylation sites is 2. The molecule has 3 heterocycles. The maximum absolute atomic E-state index is 6.16. The summed E-state index contributed by atoms with van der Waals surface area (Å²) in [5.41, 5.74) is 7.73. The molecule has 0 saturated carbocycles. The quantitative estimate of drug-likeness (QED) is 0.451. The molecule has 0 saturated heterocycles. The van der Waals surface area contributed by atoms with E-state index in [-0.39, 0.29) is 0 Å². The molecule has 4 nitrogen and oxygen atoms in total. The number of anilines is 1. The zero-order valence-electron chi connectivity index (χ0n) is 20.7. The summed E-state index contributed by atoms with van der Waals surface area (Å²) in [6, 6.07) is 17.8. The Labute approximate surface area is 209 Å². The number of hydrogen-bond donors (Lipinski definition) is 0. The van der Waals surface area contributed by atoms with E-state index in [2.05, 4.69) is 98.2 Å². The van der Waals surface area contributed by atoms with Gasteiger partial charge in [-0.2, -0.15) is 0 Å². The summed E-state index contributed by atoms with van der Waals surface area (Å²) >= 11 is 0. The fourth-order valence-electron chi connectivity index (χ4n) is 5.55. The van der Waals surface area contributed by atoms with Crippen LogP contribution in [0.25, 0.3) is 0 Å². The van der Waals surface area contributed by atoms with Gasteiger partial charge < -0.3 is 19.3 Å². The molecule has 3 aromatic carbocycles. The summed E-state index contributed by atoms with van der Waals surface area (Å²) in [6.07, 6.45) is 7.27. The highest BCUT2D eigenvalue weighted by Crippen LogP contribution is 2.44. The first-order valence-corrected chi connectivity index (χ1v) is 14.0. The summed E-state index contributed by atoms with van der Waals surface area (Å²) in [7, 11) is -0.642. The number of ether oxygens (including phenoxy) is 2. The molecule has 0 amide bonds. The van der Waals surface area contributed by atoms with Gasteiger partial charge in [0.15, 0.2) is 0 Å². The van der Waals surface area contributed by atoms with E-state index >= 15 is 0 Å². The molecule has 0 aromatic heterocycles. The van der Waals surface area contributed by atoms with Gasteiger partial charge in [0, 0.05) is 48.1 Å². The molecule has 0 N–H and O–H groups in total. The zero-order valence-corrected chi connectivity index (χ0v) is 21.6. The van der Waals surface area contributed by atoms with Crippen molar-refractivity contribution in [3.05, 3.63) is 95.4 Å². The molecule has 0 atom stereocenters. The molecule has 3 aliphatic rings. The Morgan fingerprint density at radius 1 is 0.829 bits per heavy atom. The minimum atomic E-state index is -0.642. The van der Waals surface area contributed by atoms with Gasteiger partial charge in [0.1, 0.15) is 11.5 Å². The first-order valence-electron chi connectivity index (χ1n) is 12.4. The van der Waals surface area contributed by atoms with Crippen molar-refractivity contribution in [3.8, 4) is 11.5 Å². The molecule has 0 fully saturated rings. The molecule has 0 aliphatic carbocycles. The summed E-state index contributed by atoms with van der Waals surface area (Å²) in [4.78, 5) is 4.33. The number of aryl methyl sites for hydroxylation is 3. The summed E-state index contributed by atoms with van der Waals surface area (Å²) in [6.45, 7) is 12.5. The van der Waals surface area contributed by atoms with Crippen molar-refractivity contribution in [1.82, 2.24) is 4.90 Å². The SMILES string of the molecule is Cc1cc(C)c(N2[C]N(CCP(c3cccc4c3OCC4)c3cccc4c3OCC4)C=C2)c(C)c1. The van der Waals surface area contributed by atoms with Crippen LogP contribution in [0.4, 0.5) is 5.69 Å². The molecular formula is C30H31N2O2P. The van der Waals surface area contributed by atoms with Crippen LogP contribution in [0.1, 0.15) is 27.8 Å². The third-order valence-corrected chi connectivity index (χ3v) is 9.56. The van der Waals surface area contributed by atoms with Crippen molar-refractivity contribution >= 4 is 24.2 Å². The second-order valence-electron chi connectivity index (χ2n) is 9.59. The predicted molar refractivity (Wildman–Crippen MR) is 145 cm³/mol. The maximum atomic E-state index is 6.16. The van der Waals surface area contributed by atoms with Gasteiger partial charge in [0.25, 0.3) is 0 Å². The molecule has 35 heavy (non-hydrogen) atoms. The largest absolute Gasteiger partial charge is 0.492 e. The molecular weight excluding hydrogens is 451 g/mol. The average molecular weight is 483 g/mol. The number of nitrogens with zero attached hydrogens (tertiary/aromatic N) is 2. The van der Waals surface area contributed by atoms with Gasteiger partial charge >= 0.3 is 0 Å². The van der Waals surface area contributed by atoms with E-state index in [1.807, 2.05) is 0 Å². The summed E-state index contributed by atoms with van der Waals surface area (Å²) in [5, 5.41) is 2.67. The van der Waals surface area contributed by atoms with E-state index in [4.69, 9.17) is 9.47 Å². The van der Waals surface area contributed by atoms with Crippen LogP contribution in [0.3, 0.4) is 0 Å². The Balaban J connectivity index is 1.27. The number of benzene rings is 3. The Morgan fingerprint density at radius 3 is 2.03 bits per heavy atom. The van der Waals surface area contributed by atoms with Crippen molar-refractivity contribution in [2.75, 3.05) is 30.8 Å². The van der Waals surface area contributed by atoms with E-state index in [9.17, 15) is 0 Å². The molecule has 3 aliphatic heterocycles. The maximum Gasteiger partial charge on any atom is 0.212 e. The van der Waals surface area contributed by atoms with Gasteiger partial charge in [0.05, 0.1) is 13.2 Å². The summed E-state index contributed by atoms with van der Waals surface area (Å²) < 4.78 is 12.3. The Morgan fingerprint density at radius 2 is 1.43 bits per heavy atom. The van der Waals surface area contributed by atoms with Gasteiger partial charge in [-0.05, 0) is 57.1 Å². The normalized spacial score (nSPS) is 16.0. The van der Waals surface area contributed by atoms with Crippen molar-refractivity contribution < 1.29 is 9.47 Å². The van der Waals surface area contributed by atoms with E-state index in [1.54, 1.807) is 0 Å². The third-order valence-electron chi connectivity index (χ3n) is 7.04. The van der Waals surface area contributed by atoms with E-state index in [1.165, 1.54) is 44.1 Å². The van der Waals surface area contributed by atoms with Crippen LogP contribution >= 0.6 is 7.92 Å². The third kappa shape index (κ3) is 4.19. The van der Waals surface area contributed by atoms with Crippen LogP contribution < -0.4 is 25.0 Å². The minimum Gasteiger partial charge on any atom is -0.492 e. The second-order valence-corrected chi connectivity index (χ2v) is 11.9. The molecule has 2 radical (unpaired) electrons. The Hall–Kier alpha value is -2.97. The first kappa shape index (κ1) is 22.5. The minimum absolute atomic E-state index is 0.642. The standard InChI is InChI=1S/C30H31N2O2P/c1-21-18-22(2)28(23(3)19-21)32-13-12-31(20-32)14-17-35(26-8-4-6-24-10-15-33-29(24)26)27-9-5-7-25-11-16-34-30(25)27/h4-9,12-13,18-19H,10-11,14-17H2,1-3H3.